The predicted octanol–water partition coefficient (Wildman–Crippen LogP) is 3.21. The van der Waals surface area contributed by atoms with E-state index in [1.807, 2.05) is 0 Å². The molecule has 0 amide bonds. The van der Waals surface area contributed by atoms with E-state index in [-0.39, 0.29) is 34.7 Å². The lowest BCUT2D eigenvalue weighted by molar-refractivity contribution is 0.0692. The lowest BCUT2D eigenvalue weighted by Crippen LogP contribution is -2.10. The number of carbonyl (C=O) groups excluding carboxylic acids is 2. The molecule has 0 atom stereocenters. The summed E-state index contributed by atoms with van der Waals surface area (Å²) in [7, 11) is 0. The second-order valence-electron chi connectivity index (χ2n) is 4.54. The maximum Gasteiger partial charge on any atom is 0.336 e. The van der Waals surface area contributed by atoms with Gasteiger partial charge in [-0.15, -0.1) is 0 Å². The first-order valence-corrected chi connectivity index (χ1v) is 6.55. The minimum absolute atomic E-state index is 0.134. The largest absolute Gasteiger partial charge is 0.478 e. The van der Waals surface area contributed by atoms with Gasteiger partial charge in [0.05, 0.1) is 5.56 Å². The number of benzene rings is 2. The Morgan fingerprint density at radius 3 is 2.14 bits per heavy atom. The van der Waals surface area contributed by atoms with E-state index in [4.69, 9.17) is 0 Å². The number of carboxylic acids is 1. The van der Waals surface area contributed by atoms with Gasteiger partial charge >= 0.3 is 5.97 Å². The molecule has 0 unspecified atom stereocenters. The van der Waals surface area contributed by atoms with Crippen LogP contribution in [0.15, 0.2) is 48.5 Å². The third-order valence-corrected chi connectivity index (χ3v) is 3.17. The van der Waals surface area contributed by atoms with Gasteiger partial charge in [-0.25, -0.2) is 4.79 Å². The Morgan fingerprint density at radius 1 is 0.905 bits per heavy atom. The Balaban J connectivity index is 2.48. The van der Waals surface area contributed by atoms with Crippen LogP contribution in [0, 0.1) is 0 Å². The molecule has 0 aliphatic carbocycles. The van der Waals surface area contributed by atoms with Gasteiger partial charge < -0.3 is 5.11 Å². The molecule has 0 fully saturated rings. The number of carboxylic acid groups (broad SMARTS) is 1. The maximum absolute atomic E-state index is 12.3. The fourth-order valence-electron chi connectivity index (χ4n) is 2.05. The lowest BCUT2D eigenvalue weighted by Gasteiger charge is -2.07. The van der Waals surface area contributed by atoms with Crippen molar-refractivity contribution in [3.05, 3.63) is 70.8 Å². The number of aromatic carboxylic acids is 1. The Bertz CT molecular complexity index is 702. The van der Waals surface area contributed by atoms with E-state index in [2.05, 4.69) is 0 Å². The van der Waals surface area contributed by atoms with Crippen molar-refractivity contribution >= 4 is 17.5 Å². The Morgan fingerprint density at radius 2 is 1.57 bits per heavy atom. The highest BCUT2D eigenvalue weighted by molar-refractivity contribution is 6.12. The van der Waals surface area contributed by atoms with E-state index in [0.717, 1.165) is 0 Å². The molecule has 2 aromatic carbocycles. The van der Waals surface area contributed by atoms with Gasteiger partial charge in [0.1, 0.15) is 0 Å². The topological polar surface area (TPSA) is 71.4 Å². The van der Waals surface area contributed by atoms with Crippen molar-refractivity contribution in [2.75, 3.05) is 0 Å². The van der Waals surface area contributed by atoms with Crippen molar-refractivity contribution in [2.24, 2.45) is 0 Å². The van der Waals surface area contributed by atoms with Gasteiger partial charge in [0, 0.05) is 23.1 Å². The van der Waals surface area contributed by atoms with Crippen LogP contribution in [0.3, 0.4) is 0 Å². The molecular weight excluding hydrogens is 268 g/mol. The quantitative estimate of drug-likeness (QED) is 0.855. The minimum Gasteiger partial charge on any atom is -0.478 e. The molecule has 106 valence electrons. The van der Waals surface area contributed by atoms with E-state index in [1.165, 1.54) is 18.2 Å². The molecule has 0 radical (unpaired) electrons. The SMILES string of the molecule is CCC(=O)c1ccc(C(=O)c2ccccc2)cc1C(=O)O. The fraction of sp³-hybridized carbons (Fsp3) is 0.118. The summed E-state index contributed by atoms with van der Waals surface area (Å²) in [6, 6.07) is 12.8. The second-order valence-corrected chi connectivity index (χ2v) is 4.54. The molecule has 4 heteroatoms. The molecule has 0 saturated carbocycles. The summed E-state index contributed by atoms with van der Waals surface area (Å²) >= 11 is 0. The molecule has 0 aliphatic rings. The van der Waals surface area contributed by atoms with Crippen LogP contribution in [0.1, 0.15) is 50.0 Å². The van der Waals surface area contributed by atoms with E-state index < -0.39 is 5.97 Å². The number of rotatable bonds is 5. The summed E-state index contributed by atoms with van der Waals surface area (Å²) in [5.74, 6) is -1.74. The maximum atomic E-state index is 12.3. The highest BCUT2D eigenvalue weighted by Gasteiger charge is 2.18. The zero-order chi connectivity index (χ0) is 15.4. The molecule has 0 spiro atoms. The average molecular weight is 282 g/mol. The second kappa shape index (κ2) is 6.13. The van der Waals surface area contributed by atoms with Gasteiger partial charge in [0.15, 0.2) is 11.6 Å². The third-order valence-electron chi connectivity index (χ3n) is 3.17. The molecule has 0 saturated heterocycles. The van der Waals surface area contributed by atoms with Crippen molar-refractivity contribution in [2.45, 2.75) is 13.3 Å². The first kappa shape index (κ1) is 14.7. The zero-order valence-electron chi connectivity index (χ0n) is 11.5. The Kier molecular flexibility index (Phi) is 4.28. The molecule has 1 N–H and O–H groups in total. The van der Waals surface area contributed by atoms with Crippen LogP contribution in [-0.2, 0) is 0 Å². The molecule has 2 rings (SSSR count). The lowest BCUT2D eigenvalue weighted by atomic mass is 9.95. The van der Waals surface area contributed by atoms with Crippen LogP contribution in [-0.4, -0.2) is 22.6 Å². The number of carbonyl (C=O) groups is 3. The van der Waals surface area contributed by atoms with E-state index >= 15 is 0 Å². The van der Waals surface area contributed by atoms with Gasteiger partial charge in [-0.3, -0.25) is 9.59 Å². The third kappa shape index (κ3) is 3.05. The monoisotopic (exact) mass is 282 g/mol. The molecule has 0 aliphatic heterocycles. The molecule has 4 nitrogen and oxygen atoms in total. The first-order chi connectivity index (χ1) is 10.0. The summed E-state index contributed by atoms with van der Waals surface area (Å²) in [5, 5.41) is 9.22. The summed E-state index contributed by atoms with van der Waals surface area (Å²) in [5.41, 5.74) is 0.730. The fourth-order valence-corrected chi connectivity index (χ4v) is 2.05. The minimum atomic E-state index is -1.21. The highest BCUT2D eigenvalue weighted by Crippen LogP contribution is 2.17. The molecule has 0 aromatic heterocycles. The molecule has 2 aromatic rings. The van der Waals surface area contributed by atoms with Gasteiger partial charge in [0.2, 0.25) is 0 Å². The van der Waals surface area contributed by atoms with Crippen molar-refractivity contribution in [1.29, 1.82) is 0 Å². The number of hydrogen-bond acceptors (Lipinski definition) is 3. The zero-order valence-corrected chi connectivity index (χ0v) is 11.5. The van der Waals surface area contributed by atoms with Crippen molar-refractivity contribution in [3.63, 3.8) is 0 Å². The number of ketones is 2. The van der Waals surface area contributed by atoms with Crippen molar-refractivity contribution in [1.82, 2.24) is 0 Å². The smallest absolute Gasteiger partial charge is 0.336 e. The first-order valence-electron chi connectivity index (χ1n) is 6.55. The van der Waals surface area contributed by atoms with Crippen LogP contribution in [0.5, 0.6) is 0 Å². The van der Waals surface area contributed by atoms with E-state index in [0.29, 0.717) is 5.56 Å². The molecular formula is C17H14O4. The van der Waals surface area contributed by atoms with Crippen LogP contribution < -0.4 is 0 Å². The molecule has 21 heavy (non-hydrogen) atoms. The summed E-state index contributed by atoms with van der Waals surface area (Å²) in [4.78, 5) is 35.3. The predicted molar refractivity (Wildman–Crippen MR) is 77.9 cm³/mol. The van der Waals surface area contributed by atoms with E-state index in [1.54, 1.807) is 37.3 Å². The Hall–Kier alpha value is -2.75. The van der Waals surface area contributed by atoms with Crippen LogP contribution >= 0.6 is 0 Å². The van der Waals surface area contributed by atoms with Crippen LogP contribution in [0.2, 0.25) is 0 Å². The summed E-state index contributed by atoms with van der Waals surface area (Å²) in [6.45, 7) is 1.66. The van der Waals surface area contributed by atoms with Crippen LogP contribution in [0.4, 0.5) is 0 Å². The summed E-state index contributed by atoms with van der Waals surface area (Å²) in [6.07, 6.45) is 0.215. The standard InChI is InChI=1S/C17H14O4/c1-2-15(18)13-9-8-12(10-14(13)17(20)21)16(19)11-6-4-3-5-7-11/h3-10H,2H2,1H3,(H,20,21). The van der Waals surface area contributed by atoms with Crippen LogP contribution in [0.25, 0.3) is 0 Å². The van der Waals surface area contributed by atoms with Crippen molar-refractivity contribution in [3.8, 4) is 0 Å². The number of Topliss-reactive ketones (excluding diaryl/α,β-unsaturated/α-hetero) is 1. The van der Waals surface area contributed by atoms with Gasteiger partial charge in [0.25, 0.3) is 0 Å². The van der Waals surface area contributed by atoms with E-state index in [9.17, 15) is 19.5 Å². The average Bonchev–Trinajstić information content (AvgIpc) is 2.53. The normalized spacial score (nSPS) is 10.1. The van der Waals surface area contributed by atoms with Gasteiger partial charge in [-0.1, -0.05) is 43.3 Å². The summed E-state index contributed by atoms with van der Waals surface area (Å²) < 4.78 is 0. The highest BCUT2D eigenvalue weighted by atomic mass is 16.4. The molecule has 0 heterocycles. The number of hydrogen-bond donors (Lipinski definition) is 1. The van der Waals surface area contributed by atoms with Crippen molar-refractivity contribution < 1.29 is 19.5 Å². The van der Waals surface area contributed by atoms with Gasteiger partial charge in [-0.05, 0) is 12.1 Å². The van der Waals surface area contributed by atoms with Gasteiger partial charge in [-0.2, -0.15) is 0 Å². The Labute approximate surface area is 122 Å². The molecule has 0 bridgehead atoms.